The zero-order chi connectivity index (χ0) is 22.0. The normalized spacial score (nSPS) is 19.3. The summed E-state index contributed by atoms with van der Waals surface area (Å²) >= 11 is 0. The molecule has 1 aliphatic carbocycles. The van der Waals surface area contributed by atoms with Gasteiger partial charge in [-0.05, 0) is 38.8 Å². The number of benzene rings is 1. The summed E-state index contributed by atoms with van der Waals surface area (Å²) in [7, 11) is 0. The van der Waals surface area contributed by atoms with Crippen LogP contribution in [0.25, 0.3) is 11.0 Å². The predicted molar refractivity (Wildman–Crippen MR) is 127 cm³/mol. The van der Waals surface area contributed by atoms with Gasteiger partial charge in [0.15, 0.2) is 0 Å². The molecule has 0 bridgehead atoms. The molecule has 1 saturated carbocycles. The first-order valence-electron chi connectivity index (χ1n) is 12.0. The molecule has 2 fully saturated rings. The van der Waals surface area contributed by atoms with Gasteiger partial charge >= 0.3 is 0 Å². The highest BCUT2D eigenvalue weighted by Crippen LogP contribution is 2.34. The van der Waals surface area contributed by atoms with Crippen molar-refractivity contribution in [1.82, 2.24) is 24.4 Å². The summed E-state index contributed by atoms with van der Waals surface area (Å²) in [5.41, 5.74) is 3.39. The zero-order valence-electron chi connectivity index (χ0n) is 19.3. The third-order valence-corrected chi connectivity index (χ3v) is 7.12. The van der Waals surface area contributed by atoms with E-state index in [9.17, 15) is 0 Å². The van der Waals surface area contributed by atoms with Crippen molar-refractivity contribution in [2.24, 2.45) is 0 Å². The van der Waals surface area contributed by atoms with Crippen LogP contribution < -0.4 is 5.32 Å². The van der Waals surface area contributed by atoms with Gasteiger partial charge in [-0.2, -0.15) is 0 Å². The molecule has 7 heteroatoms. The second-order valence-electron chi connectivity index (χ2n) is 9.26. The quantitative estimate of drug-likeness (QED) is 0.634. The average Bonchev–Trinajstić information content (AvgIpc) is 3.13. The largest absolute Gasteiger partial charge is 0.379 e. The Morgan fingerprint density at radius 3 is 2.59 bits per heavy atom. The number of nitrogens with zero attached hydrogens (tertiary/aromatic N) is 5. The molecular weight excluding hydrogens is 400 g/mol. The van der Waals surface area contributed by atoms with Gasteiger partial charge in [0.2, 0.25) is 0 Å². The summed E-state index contributed by atoms with van der Waals surface area (Å²) in [5.74, 6) is 2.73. The first kappa shape index (κ1) is 21.3. The molecule has 3 heterocycles. The molecule has 1 aromatic carbocycles. The minimum Gasteiger partial charge on any atom is -0.379 e. The number of fused-ring (bicyclic) bond motifs is 1. The maximum absolute atomic E-state index is 5.63. The Hall–Kier alpha value is -2.51. The fraction of sp³-hybridized carbons (Fsp3) is 0.560. The van der Waals surface area contributed by atoms with Gasteiger partial charge in [0.25, 0.3) is 0 Å². The van der Waals surface area contributed by atoms with E-state index in [2.05, 4.69) is 46.0 Å². The Balaban J connectivity index is 1.36. The molecule has 1 aliphatic heterocycles. The van der Waals surface area contributed by atoms with Crippen LogP contribution in [0.1, 0.15) is 49.4 Å². The smallest absolute Gasteiger partial charge is 0.130 e. The van der Waals surface area contributed by atoms with E-state index in [1.807, 2.05) is 13.0 Å². The Labute approximate surface area is 190 Å². The lowest BCUT2D eigenvalue weighted by Gasteiger charge is -2.48. The van der Waals surface area contributed by atoms with E-state index in [0.29, 0.717) is 6.54 Å². The topological polar surface area (TPSA) is 68.1 Å². The molecule has 3 aromatic rings. The second kappa shape index (κ2) is 9.16. The van der Waals surface area contributed by atoms with Crippen molar-refractivity contribution in [1.29, 1.82) is 0 Å². The molecule has 32 heavy (non-hydrogen) atoms. The van der Waals surface area contributed by atoms with Crippen LogP contribution in [0.2, 0.25) is 0 Å². The average molecular weight is 435 g/mol. The highest BCUT2D eigenvalue weighted by molar-refractivity contribution is 5.75. The second-order valence-corrected chi connectivity index (χ2v) is 9.26. The number of morpholine rings is 1. The monoisotopic (exact) mass is 434 g/mol. The zero-order valence-corrected chi connectivity index (χ0v) is 19.3. The molecule has 1 N–H and O–H groups in total. The first-order valence-corrected chi connectivity index (χ1v) is 12.0. The van der Waals surface area contributed by atoms with E-state index in [1.54, 1.807) is 0 Å². The van der Waals surface area contributed by atoms with Gasteiger partial charge < -0.3 is 14.6 Å². The van der Waals surface area contributed by atoms with Crippen LogP contribution in [-0.2, 0) is 11.3 Å². The van der Waals surface area contributed by atoms with Crippen LogP contribution in [0.4, 0.5) is 5.82 Å². The van der Waals surface area contributed by atoms with Gasteiger partial charge in [-0.25, -0.2) is 15.0 Å². The number of aryl methyl sites for hydroxylation is 2. The maximum atomic E-state index is 5.63. The molecule has 7 nitrogen and oxygen atoms in total. The van der Waals surface area contributed by atoms with Gasteiger partial charge in [-0.3, -0.25) is 4.90 Å². The molecule has 0 spiro atoms. The number of rotatable bonds is 6. The number of anilines is 1. The lowest BCUT2D eigenvalue weighted by atomic mass is 9.79. The van der Waals surface area contributed by atoms with E-state index in [4.69, 9.17) is 19.7 Å². The Bertz CT molecular complexity index is 1070. The van der Waals surface area contributed by atoms with Crippen molar-refractivity contribution in [3.8, 4) is 0 Å². The third kappa shape index (κ3) is 4.36. The van der Waals surface area contributed by atoms with Gasteiger partial charge in [0.05, 0.1) is 36.5 Å². The minimum absolute atomic E-state index is 0.207. The highest BCUT2D eigenvalue weighted by Gasteiger charge is 2.38. The van der Waals surface area contributed by atoms with E-state index >= 15 is 0 Å². The van der Waals surface area contributed by atoms with Crippen molar-refractivity contribution < 1.29 is 4.74 Å². The molecular formula is C25H34N6O. The number of aromatic nitrogens is 4. The molecule has 5 rings (SSSR count). The molecule has 2 aliphatic rings. The standard InChI is InChI=1S/C25H34N6O/c1-19-27-21(17-31-20(2)29-22-8-4-5-9-23(22)31)16-24(28-19)26-18-25(10-6-3-7-11-25)30-12-14-32-15-13-30/h4-5,8-9,16H,3,6-7,10-15,17-18H2,1-2H3,(H,26,27,28). The van der Waals surface area contributed by atoms with Crippen LogP contribution in [-0.4, -0.2) is 62.8 Å². The first-order chi connectivity index (χ1) is 15.6. The number of para-hydroxylation sites is 2. The lowest BCUT2D eigenvalue weighted by molar-refractivity contribution is -0.0318. The highest BCUT2D eigenvalue weighted by atomic mass is 16.5. The summed E-state index contributed by atoms with van der Waals surface area (Å²) in [6, 6.07) is 10.4. The van der Waals surface area contributed by atoms with Gasteiger partial charge in [0.1, 0.15) is 17.5 Å². The van der Waals surface area contributed by atoms with E-state index in [0.717, 1.165) is 67.0 Å². The minimum atomic E-state index is 0.207. The summed E-state index contributed by atoms with van der Waals surface area (Å²) in [5, 5.41) is 3.71. The number of hydrogen-bond acceptors (Lipinski definition) is 6. The van der Waals surface area contributed by atoms with E-state index in [1.165, 1.54) is 32.1 Å². The van der Waals surface area contributed by atoms with Crippen molar-refractivity contribution in [2.75, 3.05) is 38.2 Å². The van der Waals surface area contributed by atoms with Crippen molar-refractivity contribution in [3.63, 3.8) is 0 Å². The Morgan fingerprint density at radius 2 is 1.78 bits per heavy atom. The summed E-state index contributed by atoms with van der Waals surface area (Å²) in [6.07, 6.45) is 6.45. The molecule has 170 valence electrons. The number of nitrogens with one attached hydrogen (secondary N) is 1. The Kier molecular flexibility index (Phi) is 6.11. The number of hydrogen-bond donors (Lipinski definition) is 1. The molecule has 1 saturated heterocycles. The van der Waals surface area contributed by atoms with Gasteiger partial charge in [-0.15, -0.1) is 0 Å². The van der Waals surface area contributed by atoms with Crippen LogP contribution >= 0.6 is 0 Å². The van der Waals surface area contributed by atoms with Crippen LogP contribution in [0.3, 0.4) is 0 Å². The summed E-state index contributed by atoms with van der Waals surface area (Å²) < 4.78 is 7.86. The third-order valence-electron chi connectivity index (χ3n) is 7.12. The number of ether oxygens (including phenoxy) is 1. The fourth-order valence-electron chi connectivity index (χ4n) is 5.47. The molecule has 0 amide bonds. The summed E-state index contributed by atoms with van der Waals surface area (Å²) in [4.78, 5) is 16.8. The van der Waals surface area contributed by atoms with Crippen LogP contribution in [0.15, 0.2) is 30.3 Å². The van der Waals surface area contributed by atoms with E-state index < -0.39 is 0 Å². The van der Waals surface area contributed by atoms with Crippen LogP contribution in [0.5, 0.6) is 0 Å². The predicted octanol–water partition coefficient (Wildman–Crippen LogP) is 3.94. The molecule has 0 unspecified atom stereocenters. The van der Waals surface area contributed by atoms with E-state index in [-0.39, 0.29) is 5.54 Å². The van der Waals surface area contributed by atoms with Crippen molar-refractivity contribution >= 4 is 16.9 Å². The fourth-order valence-corrected chi connectivity index (χ4v) is 5.47. The van der Waals surface area contributed by atoms with Crippen LogP contribution in [0, 0.1) is 13.8 Å². The van der Waals surface area contributed by atoms with Crippen molar-refractivity contribution in [2.45, 2.75) is 58.0 Å². The molecule has 2 aromatic heterocycles. The van der Waals surface area contributed by atoms with Gasteiger partial charge in [-0.1, -0.05) is 31.4 Å². The molecule has 0 atom stereocenters. The van der Waals surface area contributed by atoms with Crippen molar-refractivity contribution in [3.05, 3.63) is 47.7 Å². The Morgan fingerprint density at radius 1 is 1.00 bits per heavy atom. The summed E-state index contributed by atoms with van der Waals surface area (Å²) in [6.45, 7) is 9.40. The molecule has 0 radical (unpaired) electrons. The SMILES string of the molecule is Cc1nc(Cn2c(C)nc3ccccc32)cc(NCC2(N3CCOCC3)CCCCC2)n1. The van der Waals surface area contributed by atoms with Gasteiger partial charge in [0, 0.05) is 31.2 Å². The number of imidazole rings is 1. The maximum Gasteiger partial charge on any atom is 0.130 e. The lowest BCUT2D eigenvalue weighted by Crippen LogP contribution is -2.58.